The van der Waals surface area contributed by atoms with Gasteiger partial charge in [-0.2, -0.15) is 0 Å². The van der Waals surface area contributed by atoms with Crippen LogP contribution in [-0.2, 0) is 16.9 Å². The summed E-state index contributed by atoms with van der Waals surface area (Å²) < 4.78 is 26.1. The van der Waals surface area contributed by atoms with Crippen LogP contribution >= 0.6 is 0 Å². The molecule has 168 valence electrons. The monoisotopic (exact) mass is 452 g/mol. The highest BCUT2D eigenvalue weighted by Gasteiger charge is 2.46. The smallest absolute Gasteiger partial charge is 0.262 e. The van der Waals surface area contributed by atoms with E-state index in [2.05, 4.69) is 10.2 Å². The van der Waals surface area contributed by atoms with Gasteiger partial charge < -0.3 is 10.2 Å². The second kappa shape index (κ2) is 7.33. The molecule has 0 bridgehead atoms. The van der Waals surface area contributed by atoms with E-state index >= 15 is 0 Å². The minimum absolute atomic E-state index is 0.0562. The van der Waals surface area contributed by atoms with Crippen LogP contribution in [0.4, 0.5) is 11.6 Å². The standard InChI is InChI=1S/C24H28N4O3S/c1-14-9-18(15(2)25-20-7-5-6-8-21(20)32(4,30)31)22-19(10-14)23(29)27(3)24(26-22)28-12-16-11-17(16)13-28/h5-10,15-17,25H,11-13H2,1-4H3/t15-,16?,17?/m1/s1. The number of sulfone groups is 1. The summed E-state index contributed by atoms with van der Waals surface area (Å²) in [5.41, 5.74) is 3.00. The van der Waals surface area contributed by atoms with E-state index in [4.69, 9.17) is 4.98 Å². The van der Waals surface area contributed by atoms with Crippen molar-refractivity contribution in [2.75, 3.05) is 29.6 Å². The summed E-state index contributed by atoms with van der Waals surface area (Å²) in [6.07, 6.45) is 2.49. The predicted molar refractivity (Wildman–Crippen MR) is 127 cm³/mol. The number of aryl methyl sites for hydroxylation is 1. The number of para-hydroxylation sites is 1. The van der Waals surface area contributed by atoms with Crippen molar-refractivity contribution >= 4 is 32.4 Å². The number of nitrogens with zero attached hydrogens (tertiary/aromatic N) is 3. The molecule has 0 spiro atoms. The van der Waals surface area contributed by atoms with E-state index < -0.39 is 9.84 Å². The molecule has 2 fully saturated rings. The van der Waals surface area contributed by atoms with Crippen LogP contribution in [0.5, 0.6) is 0 Å². The van der Waals surface area contributed by atoms with Crippen molar-refractivity contribution in [1.82, 2.24) is 9.55 Å². The van der Waals surface area contributed by atoms with E-state index in [1.807, 2.05) is 32.0 Å². The molecular weight excluding hydrogens is 424 g/mol. The molecule has 1 aliphatic carbocycles. The number of rotatable bonds is 5. The Bertz CT molecular complexity index is 1390. The minimum Gasteiger partial charge on any atom is -0.377 e. The summed E-state index contributed by atoms with van der Waals surface area (Å²) >= 11 is 0. The molecule has 3 atom stereocenters. The van der Waals surface area contributed by atoms with Crippen LogP contribution in [0.3, 0.4) is 0 Å². The van der Waals surface area contributed by atoms with Crippen LogP contribution < -0.4 is 15.8 Å². The van der Waals surface area contributed by atoms with Gasteiger partial charge in [0, 0.05) is 32.0 Å². The first-order chi connectivity index (χ1) is 15.1. The summed E-state index contributed by atoms with van der Waals surface area (Å²) in [6, 6.07) is 10.6. The summed E-state index contributed by atoms with van der Waals surface area (Å²) in [6.45, 7) is 5.83. The topological polar surface area (TPSA) is 84.3 Å². The molecule has 1 saturated carbocycles. The Morgan fingerprint density at radius 3 is 2.53 bits per heavy atom. The fourth-order valence-electron chi connectivity index (χ4n) is 4.94. The summed E-state index contributed by atoms with van der Waals surface area (Å²) in [5, 5.41) is 3.93. The molecule has 5 rings (SSSR count). The molecule has 7 nitrogen and oxygen atoms in total. The maximum atomic E-state index is 13.3. The molecule has 8 heteroatoms. The second-order valence-electron chi connectivity index (χ2n) is 9.32. The van der Waals surface area contributed by atoms with Crippen LogP contribution in [0.15, 0.2) is 46.1 Å². The van der Waals surface area contributed by atoms with E-state index in [9.17, 15) is 13.2 Å². The van der Waals surface area contributed by atoms with E-state index in [1.54, 1.807) is 29.8 Å². The average molecular weight is 453 g/mol. The number of hydrogen-bond acceptors (Lipinski definition) is 6. The minimum atomic E-state index is -3.38. The number of piperidine rings is 1. The van der Waals surface area contributed by atoms with E-state index in [0.717, 1.165) is 36.1 Å². The Morgan fingerprint density at radius 1 is 1.16 bits per heavy atom. The molecule has 2 unspecified atom stereocenters. The molecule has 1 aliphatic heterocycles. The van der Waals surface area contributed by atoms with Crippen LogP contribution in [0.1, 0.15) is 30.5 Å². The van der Waals surface area contributed by atoms with Crippen molar-refractivity contribution in [3.63, 3.8) is 0 Å². The molecular formula is C24H28N4O3S. The normalized spacial score (nSPS) is 20.9. The molecule has 1 saturated heterocycles. The van der Waals surface area contributed by atoms with Crippen molar-refractivity contribution in [2.45, 2.75) is 31.2 Å². The van der Waals surface area contributed by atoms with Crippen molar-refractivity contribution in [2.24, 2.45) is 18.9 Å². The Hall–Kier alpha value is -2.87. The SMILES string of the molecule is Cc1cc([C@@H](C)Nc2ccccc2S(C)(=O)=O)c2nc(N3CC4CC4C3)n(C)c(=O)c2c1. The van der Waals surface area contributed by atoms with Crippen molar-refractivity contribution < 1.29 is 8.42 Å². The lowest BCUT2D eigenvalue weighted by Gasteiger charge is -2.24. The number of nitrogens with one attached hydrogen (secondary N) is 1. The van der Waals surface area contributed by atoms with Crippen LogP contribution in [-0.4, -0.2) is 37.3 Å². The van der Waals surface area contributed by atoms with E-state index in [0.29, 0.717) is 22.5 Å². The molecule has 0 radical (unpaired) electrons. The largest absolute Gasteiger partial charge is 0.377 e. The van der Waals surface area contributed by atoms with Gasteiger partial charge in [0.05, 0.1) is 27.5 Å². The van der Waals surface area contributed by atoms with Gasteiger partial charge in [-0.1, -0.05) is 18.2 Å². The highest BCUT2D eigenvalue weighted by Crippen LogP contribution is 2.46. The Kier molecular flexibility index (Phi) is 4.81. The molecule has 2 aromatic carbocycles. The lowest BCUT2D eigenvalue weighted by Crippen LogP contribution is -2.31. The Balaban J connectivity index is 1.61. The fraction of sp³-hybridized carbons (Fsp3) is 0.417. The summed E-state index contributed by atoms with van der Waals surface area (Å²) in [4.78, 5) is 20.7. The van der Waals surface area contributed by atoms with Crippen molar-refractivity contribution in [3.8, 4) is 0 Å². The van der Waals surface area contributed by atoms with Gasteiger partial charge in [0.2, 0.25) is 5.95 Å². The molecule has 3 aromatic rings. The number of aromatic nitrogens is 2. The van der Waals surface area contributed by atoms with Crippen LogP contribution in [0, 0.1) is 18.8 Å². The fourth-order valence-corrected chi connectivity index (χ4v) is 5.79. The maximum Gasteiger partial charge on any atom is 0.262 e. The Morgan fingerprint density at radius 2 is 1.84 bits per heavy atom. The zero-order valence-electron chi connectivity index (χ0n) is 18.8. The van der Waals surface area contributed by atoms with Crippen molar-refractivity contribution in [3.05, 3.63) is 57.9 Å². The van der Waals surface area contributed by atoms with Gasteiger partial charge in [0.15, 0.2) is 9.84 Å². The van der Waals surface area contributed by atoms with Gasteiger partial charge >= 0.3 is 0 Å². The maximum absolute atomic E-state index is 13.3. The van der Waals surface area contributed by atoms with Gasteiger partial charge in [-0.15, -0.1) is 0 Å². The van der Waals surface area contributed by atoms with Gasteiger partial charge in [0.25, 0.3) is 5.56 Å². The first kappa shape index (κ1) is 21.0. The predicted octanol–water partition coefficient (Wildman–Crippen LogP) is 3.27. The molecule has 32 heavy (non-hydrogen) atoms. The third-order valence-electron chi connectivity index (χ3n) is 6.72. The number of benzene rings is 2. The molecule has 1 N–H and O–H groups in total. The number of anilines is 2. The molecule has 1 aromatic heterocycles. The summed E-state index contributed by atoms with van der Waals surface area (Å²) in [5.74, 6) is 2.17. The third-order valence-corrected chi connectivity index (χ3v) is 7.87. The zero-order chi connectivity index (χ0) is 22.8. The number of hydrogen-bond donors (Lipinski definition) is 1. The quantitative estimate of drug-likeness (QED) is 0.640. The van der Waals surface area contributed by atoms with Gasteiger partial charge in [-0.25, -0.2) is 13.4 Å². The highest BCUT2D eigenvalue weighted by molar-refractivity contribution is 7.90. The van der Waals surface area contributed by atoms with Crippen LogP contribution in [0.25, 0.3) is 10.9 Å². The van der Waals surface area contributed by atoms with Gasteiger partial charge in [-0.05, 0) is 55.9 Å². The second-order valence-corrected chi connectivity index (χ2v) is 11.3. The van der Waals surface area contributed by atoms with E-state index in [-0.39, 0.29) is 16.5 Å². The molecule has 2 heterocycles. The summed E-state index contributed by atoms with van der Waals surface area (Å²) in [7, 11) is -1.59. The van der Waals surface area contributed by atoms with Crippen LogP contribution in [0.2, 0.25) is 0 Å². The number of fused-ring (bicyclic) bond motifs is 2. The molecule has 0 amide bonds. The Labute approximate surface area is 188 Å². The lowest BCUT2D eigenvalue weighted by molar-refractivity contribution is 0.602. The average Bonchev–Trinajstić information content (AvgIpc) is 3.35. The zero-order valence-corrected chi connectivity index (χ0v) is 19.6. The van der Waals surface area contributed by atoms with Crippen molar-refractivity contribution in [1.29, 1.82) is 0 Å². The van der Waals surface area contributed by atoms with E-state index in [1.165, 1.54) is 12.7 Å². The first-order valence-corrected chi connectivity index (χ1v) is 12.8. The lowest BCUT2D eigenvalue weighted by atomic mass is 10.0. The third kappa shape index (κ3) is 3.56. The highest BCUT2D eigenvalue weighted by atomic mass is 32.2. The van der Waals surface area contributed by atoms with Gasteiger partial charge in [-0.3, -0.25) is 9.36 Å². The first-order valence-electron chi connectivity index (χ1n) is 11.0. The molecule has 2 aliphatic rings. The van der Waals surface area contributed by atoms with Gasteiger partial charge in [0.1, 0.15) is 0 Å².